The van der Waals surface area contributed by atoms with E-state index in [2.05, 4.69) is 10.6 Å². The van der Waals surface area contributed by atoms with E-state index in [1.807, 2.05) is 45.0 Å². The van der Waals surface area contributed by atoms with Crippen LogP contribution in [0, 0.1) is 12.8 Å². The van der Waals surface area contributed by atoms with Crippen molar-refractivity contribution in [1.82, 2.24) is 9.62 Å². The highest BCUT2D eigenvalue weighted by molar-refractivity contribution is 7.88. The molecule has 2 aromatic rings. The number of carbonyl (C=O) groups is 2. The lowest BCUT2D eigenvalue weighted by Crippen LogP contribution is -2.42. The number of rotatable bonds is 8. The van der Waals surface area contributed by atoms with Crippen LogP contribution < -0.4 is 10.6 Å². The molecule has 2 aromatic carbocycles. The highest BCUT2D eigenvalue weighted by Gasteiger charge is 2.31. The molecule has 33 heavy (non-hydrogen) atoms. The molecule has 0 aromatic heterocycles. The third-order valence-electron chi connectivity index (χ3n) is 6.24. The number of anilines is 1. The largest absolute Gasteiger partial charge is 0.350 e. The van der Waals surface area contributed by atoms with Crippen LogP contribution in [0.4, 0.5) is 5.69 Å². The normalized spacial score (nSPS) is 16.2. The molecular formula is C25H33N3O4S. The minimum Gasteiger partial charge on any atom is -0.350 e. The van der Waals surface area contributed by atoms with Gasteiger partial charge in [0.25, 0.3) is 5.91 Å². The van der Waals surface area contributed by atoms with Gasteiger partial charge >= 0.3 is 0 Å². The summed E-state index contributed by atoms with van der Waals surface area (Å²) in [4.78, 5) is 25.5. The number of para-hydroxylation sites is 1. The molecule has 7 nitrogen and oxygen atoms in total. The van der Waals surface area contributed by atoms with Gasteiger partial charge in [0.15, 0.2) is 0 Å². The van der Waals surface area contributed by atoms with Crippen molar-refractivity contribution >= 4 is 27.5 Å². The number of nitrogens with zero attached hydrogens (tertiary/aromatic N) is 1. The molecule has 0 saturated carbocycles. The predicted octanol–water partition coefficient (Wildman–Crippen LogP) is 3.70. The van der Waals surface area contributed by atoms with E-state index in [0.717, 1.165) is 17.5 Å². The van der Waals surface area contributed by atoms with E-state index in [1.165, 1.54) is 4.31 Å². The summed E-state index contributed by atoms with van der Waals surface area (Å²) in [6.07, 6.45) is 1.70. The molecule has 2 amide bonds. The van der Waals surface area contributed by atoms with Crippen molar-refractivity contribution in [3.63, 3.8) is 0 Å². The highest BCUT2D eigenvalue weighted by Crippen LogP contribution is 2.25. The van der Waals surface area contributed by atoms with Crippen LogP contribution in [-0.4, -0.2) is 43.7 Å². The van der Waals surface area contributed by atoms with Gasteiger partial charge in [0.1, 0.15) is 0 Å². The Kier molecular flexibility index (Phi) is 8.26. The molecule has 1 saturated heterocycles. The minimum absolute atomic E-state index is 0.0325. The van der Waals surface area contributed by atoms with Crippen LogP contribution in [0.5, 0.6) is 0 Å². The number of hydrogen-bond acceptors (Lipinski definition) is 4. The first-order chi connectivity index (χ1) is 15.7. The van der Waals surface area contributed by atoms with E-state index >= 15 is 0 Å². The van der Waals surface area contributed by atoms with Gasteiger partial charge in [0.2, 0.25) is 15.9 Å². The smallest absolute Gasteiger partial charge is 0.253 e. The van der Waals surface area contributed by atoms with E-state index in [1.54, 1.807) is 24.3 Å². The minimum atomic E-state index is -3.45. The van der Waals surface area contributed by atoms with Crippen LogP contribution in [0.3, 0.4) is 0 Å². The Balaban J connectivity index is 1.60. The summed E-state index contributed by atoms with van der Waals surface area (Å²) in [5, 5.41) is 5.81. The number of benzene rings is 2. The summed E-state index contributed by atoms with van der Waals surface area (Å²) in [6.45, 7) is 6.44. The third-order valence-corrected chi connectivity index (χ3v) is 8.06. The summed E-state index contributed by atoms with van der Waals surface area (Å²) in [6, 6.07) is 14.4. The van der Waals surface area contributed by atoms with Crippen molar-refractivity contribution < 1.29 is 18.0 Å². The van der Waals surface area contributed by atoms with Gasteiger partial charge in [-0.15, -0.1) is 0 Å². The molecule has 2 N–H and O–H groups in total. The number of piperidine rings is 1. The Labute approximate surface area is 196 Å². The van der Waals surface area contributed by atoms with Crippen LogP contribution in [-0.2, 0) is 20.6 Å². The van der Waals surface area contributed by atoms with Gasteiger partial charge in [0.05, 0.1) is 17.0 Å². The summed E-state index contributed by atoms with van der Waals surface area (Å²) >= 11 is 0. The average Bonchev–Trinajstić information content (AvgIpc) is 2.80. The number of carbonyl (C=O) groups excluding carboxylic acids is 2. The SMILES string of the molecule is CCC(C)NC(=O)c1ccccc1NC(=O)C1CCN(S(=O)(=O)Cc2ccccc2C)CC1. The fraction of sp³-hybridized carbons (Fsp3) is 0.440. The fourth-order valence-corrected chi connectivity index (χ4v) is 5.55. The van der Waals surface area contributed by atoms with Gasteiger partial charge in [-0.3, -0.25) is 9.59 Å². The number of aryl methyl sites for hydroxylation is 1. The van der Waals surface area contributed by atoms with Crippen LogP contribution in [0.25, 0.3) is 0 Å². The summed E-state index contributed by atoms with van der Waals surface area (Å²) in [5.41, 5.74) is 2.64. The average molecular weight is 472 g/mol. The van der Waals surface area contributed by atoms with Gasteiger partial charge in [-0.05, 0) is 56.4 Å². The Hall–Kier alpha value is -2.71. The van der Waals surface area contributed by atoms with E-state index in [9.17, 15) is 18.0 Å². The molecule has 1 aliphatic heterocycles. The molecule has 178 valence electrons. The molecule has 0 aliphatic carbocycles. The fourth-order valence-electron chi connectivity index (χ4n) is 3.88. The maximum Gasteiger partial charge on any atom is 0.253 e. The van der Waals surface area contributed by atoms with Crippen LogP contribution >= 0.6 is 0 Å². The van der Waals surface area contributed by atoms with E-state index in [-0.39, 0.29) is 29.5 Å². The first kappa shape index (κ1) is 24.9. The molecule has 0 radical (unpaired) electrons. The van der Waals surface area contributed by atoms with Gasteiger partial charge in [-0.1, -0.05) is 43.3 Å². The predicted molar refractivity (Wildman–Crippen MR) is 130 cm³/mol. The van der Waals surface area contributed by atoms with E-state index in [0.29, 0.717) is 37.2 Å². The van der Waals surface area contributed by atoms with E-state index in [4.69, 9.17) is 0 Å². The molecule has 1 aliphatic rings. The second-order valence-electron chi connectivity index (χ2n) is 8.67. The standard InChI is InChI=1S/C25H33N3O4S/c1-4-19(3)26-25(30)22-11-7-8-12-23(22)27-24(29)20-13-15-28(16-14-20)33(31,32)17-21-10-6-5-9-18(21)2/h5-12,19-20H,4,13-17H2,1-3H3,(H,26,30)(H,27,29). The Bertz CT molecular complexity index is 1090. The molecule has 1 heterocycles. The van der Waals surface area contributed by atoms with Crippen molar-refractivity contribution in [2.75, 3.05) is 18.4 Å². The topological polar surface area (TPSA) is 95.6 Å². The molecule has 0 bridgehead atoms. The van der Waals surface area contributed by atoms with Crippen LogP contribution in [0.2, 0.25) is 0 Å². The maximum absolute atomic E-state index is 12.9. The lowest BCUT2D eigenvalue weighted by molar-refractivity contribution is -0.120. The lowest BCUT2D eigenvalue weighted by atomic mass is 9.97. The van der Waals surface area contributed by atoms with Crippen molar-refractivity contribution in [3.05, 3.63) is 65.2 Å². The zero-order chi connectivity index (χ0) is 24.0. The Morgan fingerprint density at radius 3 is 2.36 bits per heavy atom. The second-order valence-corrected chi connectivity index (χ2v) is 10.6. The molecule has 1 unspecified atom stereocenters. The summed E-state index contributed by atoms with van der Waals surface area (Å²) in [7, 11) is -3.45. The third kappa shape index (κ3) is 6.42. The highest BCUT2D eigenvalue weighted by atomic mass is 32.2. The van der Waals surface area contributed by atoms with Crippen molar-refractivity contribution in [3.8, 4) is 0 Å². The van der Waals surface area contributed by atoms with Crippen LogP contribution in [0.15, 0.2) is 48.5 Å². The summed E-state index contributed by atoms with van der Waals surface area (Å²) in [5.74, 6) is -0.748. The maximum atomic E-state index is 12.9. The number of amides is 2. The lowest BCUT2D eigenvalue weighted by Gasteiger charge is -2.31. The zero-order valence-corrected chi connectivity index (χ0v) is 20.3. The number of nitrogens with one attached hydrogen (secondary N) is 2. The van der Waals surface area contributed by atoms with Gasteiger partial charge in [-0.2, -0.15) is 0 Å². The molecule has 3 rings (SSSR count). The molecular weight excluding hydrogens is 438 g/mol. The van der Waals surface area contributed by atoms with Gasteiger partial charge in [0, 0.05) is 25.0 Å². The Morgan fingerprint density at radius 1 is 1.06 bits per heavy atom. The first-order valence-corrected chi connectivity index (χ1v) is 13.0. The quantitative estimate of drug-likeness (QED) is 0.614. The van der Waals surface area contributed by atoms with Gasteiger partial charge in [-0.25, -0.2) is 12.7 Å². The van der Waals surface area contributed by atoms with Crippen molar-refractivity contribution in [2.45, 2.75) is 51.8 Å². The first-order valence-electron chi connectivity index (χ1n) is 11.4. The van der Waals surface area contributed by atoms with Crippen molar-refractivity contribution in [2.24, 2.45) is 5.92 Å². The van der Waals surface area contributed by atoms with Crippen molar-refractivity contribution in [1.29, 1.82) is 0 Å². The van der Waals surface area contributed by atoms with Crippen LogP contribution in [0.1, 0.15) is 54.6 Å². The number of hydrogen-bond donors (Lipinski definition) is 2. The number of sulfonamides is 1. The Morgan fingerprint density at radius 2 is 1.70 bits per heavy atom. The molecule has 1 atom stereocenters. The monoisotopic (exact) mass is 471 g/mol. The van der Waals surface area contributed by atoms with Gasteiger partial charge < -0.3 is 10.6 Å². The molecule has 1 fully saturated rings. The molecule has 0 spiro atoms. The molecule has 8 heteroatoms. The second kappa shape index (κ2) is 10.9. The zero-order valence-electron chi connectivity index (χ0n) is 19.5. The summed E-state index contributed by atoms with van der Waals surface area (Å²) < 4.78 is 27.3. The van der Waals surface area contributed by atoms with E-state index < -0.39 is 10.0 Å².